The molecule has 27 heavy (non-hydrogen) atoms. The zero-order valence-electron chi connectivity index (χ0n) is 14.1. The van der Waals surface area contributed by atoms with Crippen molar-refractivity contribution in [3.8, 4) is 17.1 Å². The van der Waals surface area contributed by atoms with Crippen molar-refractivity contribution in [1.82, 2.24) is 14.9 Å². The minimum absolute atomic E-state index is 0.273. The maximum Gasteiger partial charge on any atom is 0.573 e. The number of halogens is 3. The molecule has 0 saturated carbocycles. The van der Waals surface area contributed by atoms with Gasteiger partial charge in [0.15, 0.2) is 5.82 Å². The predicted octanol–water partition coefficient (Wildman–Crippen LogP) is 3.16. The van der Waals surface area contributed by atoms with Crippen LogP contribution < -0.4 is 16.0 Å². The molecule has 11 heteroatoms. The Balaban J connectivity index is 1.65. The number of rotatable bonds is 6. The Morgan fingerprint density at radius 3 is 2.59 bits per heavy atom. The average molecular weight is 380 g/mol. The second kappa shape index (κ2) is 7.40. The fourth-order valence-corrected chi connectivity index (χ4v) is 2.19. The molecule has 0 aliphatic carbocycles. The van der Waals surface area contributed by atoms with Gasteiger partial charge in [-0.2, -0.15) is 5.10 Å². The molecule has 0 saturated heterocycles. The van der Waals surface area contributed by atoms with Crippen LogP contribution in [0.15, 0.2) is 45.9 Å². The van der Waals surface area contributed by atoms with E-state index < -0.39 is 6.36 Å². The lowest BCUT2D eigenvalue weighted by molar-refractivity contribution is -0.274. The van der Waals surface area contributed by atoms with E-state index in [4.69, 9.17) is 10.3 Å². The van der Waals surface area contributed by atoms with Gasteiger partial charge >= 0.3 is 6.36 Å². The fourth-order valence-electron chi connectivity index (χ4n) is 2.19. The first-order chi connectivity index (χ1) is 12.9. The third-order valence-electron chi connectivity index (χ3n) is 3.44. The van der Waals surface area contributed by atoms with Gasteiger partial charge in [-0.15, -0.1) is 23.4 Å². The second-order valence-corrected chi connectivity index (χ2v) is 5.31. The summed E-state index contributed by atoms with van der Waals surface area (Å²) in [5.41, 5.74) is 3.23. The van der Waals surface area contributed by atoms with Crippen molar-refractivity contribution in [2.24, 2.45) is 5.10 Å². The maximum atomic E-state index is 12.2. The Morgan fingerprint density at radius 1 is 1.22 bits per heavy atom. The van der Waals surface area contributed by atoms with Gasteiger partial charge in [-0.05, 0) is 36.4 Å². The van der Waals surface area contributed by atoms with Crippen LogP contribution in [0.2, 0.25) is 0 Å². The number of aryl methyl sites for hydroxylation is 1. The van der Waals surface area contributed by atoms with E-state index in [9.17, 15) is 13.2 Å². The third-order valence-corrected chi connectivity index (χ3v) is 3.44. The van der Waals surface area contributed by atoms with Gasteiger partial charge in [0, 0.05) is 12.0 Å². The molecule has 0 spiro atoms. The summed E-state index contributed by atoms with van der Waals surface area (Å²) >= 11 is 0. The molecule has 8 nitrogen and oxygen atoms in total. The summed E-state index contributed by atoms with van der Waals surface area (Å²) in [6.45, 7) is 1.90. The van der Waals surface area contributed by atoms with Gasteiger partial charge < -0.3 is 15.0 Å². The first kappa shape index (κ1) is 18.3. The normalized spacial score (nSPS) is 11.9. The molecule has 2 heterocycles. The van der Waals surface area contributed by atoms with Crippen LogP contribution >= 0.6 is 0 Å². The third kappa shape index (κ3) is 4.57. The number of aromatic nitrogens is 3. The predicted molar refractivity (Wildman–Crippen MR) is 91.6 cm³/mol. The minimum Gasteiger partial charge on any atom is -0.455 e. The van der Waals surface area contributed by atoms with E-state index in [1.54, 1.807) is 12.1 Å². The van der Waals surface area contributed by atoms with E-state index in [0.29, 0.717) is 29.3 Å². The first-order valence-corrected chi connectivity index (χ1v) is 7.80. The number of nitrogen functional groups attached to an aromatic ring is 1. The lowest BCUT2D eigenvalue weighted by atomic mass is 10.2. The van der Waals surface area contributed by atoms with Crippen LogP contribution in [0.1, 0.15) is 18.5 Å². The molecule has 0 amide bonds. The van der Waals surface area contributed by atoms with E-state index in [1.807, 2.05) is 6.92 Å². The molecule has 3 aromatic rings. The number of nitrogens with zero attached hydrogens (tertiary/aromatic N) is 4. The molecule has 0 bridgehead atoms. The van der Waals surface area contributed by atoms with Gasteiger partial charge in [-0.3, -0.25) is 0 Å². The Hall–Kier alpha value is -3.50. The van der Waals surface area contributed by atoms with Gasteiger partial charge in [0.1, 0.15) is 17.3 Å². The second-order valence-electron chi connectivity index (χ2n) is 5.31. The lowest BCUT2D eigenvalue weighted by Gasteiger charge is -2.08. The lowest BCUT2D eigenvalue weighted by Crippen LogP contribution is -2.16. The van der Waals surface area contributed by atoms with Crippen LogP contribution in [0.25, 0.3) is 11.3 Å². The summed E-state index contributed by atoms with van der Waals surface area (Å²) in [7, 11) is 0. The number of ether oxygens (including phenoxy) is 1. The van der Waals surface area contributed by atoms with E-state index in [1.165, 1.54) is 35.2 Å². The number of furan rings is 1. The van der Waals surface area contributed by atoms with Crippen LogP contribution in [0.3, 0.4) is 0 Å². The van der Waals surface area contributed by atoms with Gasteiger partial charge in [-0.1, -0.05) is 6.92 Å². The van der Waals surface area contributed by atoms with Crippen molar-refractivity contribution >= 4 is 12.2 Å². The largest absolute Gasteiger partial charge is 0.573 e. The van der Waals surface area contributed by atoms with Gasteiger partial charge in [0.25, 0.3) is 5.95 Å². The van der Waals surface area contributed by atoms with Gasteiger partial charge in [0.05, 0.1) is 6.21 Å². The van der Waals surface area contributed by atoms with Gasteiger partial charge in [0.2, 0.25) is 0 Å². The number of alkyl halides is 3. The Kier molecular flexibility index (Phi) is 5.01. The first-order valence-electron chi connectivity index (χ1n) is 7.80. The summed E-state index contributed by atoms with van der Waals surface area (Å²) in [6, 6.07) is 8.66. The number of hydrogen-bond acceptors (Lipinski definition) is 7. The summed E-state index contributed by atoms with van der Waals surface area (Å²) in [6.07, 6.45) is -2.69. The van der Waals surface area contributed by atoms with E-state index >= 15 is 0 Å². The van der Waals surface area contributed by atoms with Crippen molar-refractivity contribution < 1.29 is 22.3 Å². The van der Waals surface area contributed by atoms with Crippen molar-refractivity contribution in [3.63, 3.8) is 0 Å². The zero-order chi connectivity index (χ0) is 19.4. The molecule has 0 unspecified atom stereocenters. The Bertz CT molecular complexity index is 931. The van der Waals surface area contributed by atoms with E-state index in [2.05, 4.69) is 25.5 Å². The summed E-state index contributed by atoms with van der Waals surface area (Å²) in [4.78, 5) is 0. The zero-order valence-corrected chi connectivity index (χ0v) is 14.1. The average Bonchev–Trinajstić information content (AvgIpc) is 3.22. The number of nitrogens with one attached hydrogen (secondary N) is 1. The molecule has 3 rings (SSSR count). The molecule has 2 aromatic heterocycles. The smallest absolute Gasteiger partial charge is 0.455 e. The van der Waals surface area contributed by atoms with Crippen molar-refractivity contribution in [2.45, 2.75) is 19.7 Å². The summed E-state index contributed by atoms with van der Waals surface area (Å²) in [5.74, 6) is 7.23. The summed E-state index contributed by atoms with van der Waals surface area (Å²) in [5, 5.41) is 11.7. The van der Waals surface area contributed by atoms with Gasteiger partial charge in [-0.25, -0.2) is 10.1 Å². The molecule has 1 aromatic carbocycles. The molecule has 3 N–H and O–H groups in total. The molecule has 142 valence electrons. The van der Waals surface area contributed by atoms with Crippen molar-refractivity contribution in [1.29, 1.82) is 0 Å². The quantitative estimate of drug-likeness (QED) is 0.387. The van der Waals surface area contributed by atoms with Crippen LogP contribution in [-0.2, 0) is 6.42 Å². The molecular formula is C16H15F3N6O2. The number of anilines is 1. The summed E-state index contributed by atoms with van der Waals surface area (Å²) < 4.78 is 47.2. The minimum atomic E-state index is -4.73. The standard InChI is InChI=1S/C16H15F3N6O2/c1-2-14-22-24-15(25(14)20)23-21-9-12-7-8-13(26-12)10-3-5-11(6-4-10)27-16(17,18)19/h3-9H,2,20H2,1H3,(H,23,24)/b21-9+. The SMILES string of the molecule is CCc1nnc(N/N=C/c2ccc(-c3ccc(OC(F)(F)F)cc3)o2)n1N. The number of hydrogen-bond donors (Lipinski definition) is 2. The number of benzene rings is 1. The number of hydrazone groups is 1. The van der Waals surface area contributed by atoms with E-state index in [0.717, 1.165) is 0 Å². The maximum absolute atomic E-state index is 12.2. The highest BCUT2D eigenvalue weighted by atomic mass is 19.4. The molecular weight excluding hydrogens is 365 g/mol. The van der Waals surface area contributed by atoms with Crippen LogP contribution in [0.4, 0.5) is 19.1 Å². The molecule has 0 aliphatic heterocycles. The molecule has 0 atom stereocenters. The Morgan fingerprint density at radius 2 is 1.96 bits per heavy atom. The number of nitrogens with two attached hydrogens (primary N) is 1. The fraction of sp³-hybridized carbons (Fsp3) is 0.188. The molecule has 0 fully saturated rings. The molecule has 0 radical (unpaired) electrons. The van der Waals surface area contributed by atoms with Crippen molar-refractivity contribution in [2.75, 3.05) is 11.3 Å². The highest BCUT2D eigenvalue weighted by Gasteiger charge is 2.31. The Labute approximate surface area is 151 Å². The highest BCUT2D eigenvalue weighted by molar-refractivity contribution is 5.78. The van der Waals surface area contributed by atoms with Crippen LogP contribution in [0, 0.1) is 0 Å². The topological polar surface area (TPSA) is 103 Å². The van der Waals surface area contributed by atoms with Crippen molar-refractivity contribution in [3.05, 3.63) is 48.0 Å². The van der Waals surface area contributed by atoms with E-state index in [-0.39, 0.29) is 11.7 Å². The highest BCUT2D eigenvalue weighted by Crippen LogP contribution is 2.27. The monoisotopic (exact) mass is 380 g/mol. The van der Waals surface area contributed by atoms with Crippen LogP contribution in [0.5, 0.6) is 5.75 Å². The molecule has 0 aliphatic rings. The van der Waals surface area contributed by atoms with Crippen LogP contribution in [-0.4, -0.2) is 27.5 Å².